The lowest BCUT2D eigenvalue weighted by atomic mass is 9.89. The van der Waals surface area contributed by atoms with E-state index in [1.165, 1.54) is 32.1 Å². The summed E-state index contributed by atoms with van der Waals surface area (Å²) in [7, 11) is 0. The van der Waals surface area contributed by atoms with E-state index in [0.29, 0.717) is 10.9 Å². The van der Waals surface area contributed by atoms with E-state index in [-0.39, 0.29) is 5.69 Å². The number of hydrogen-bond acceptors (Lipinski definition) is 2. The summed E-state index contributed by atoms with van der Waals surface area (Å²) in [5, 5.41) is 10.1. The van der Waals surface area contributed by atoms with Crippen LogP contribution in [0.3, 0.4) is 0 Å². The average molecular weight is 347 g/mol. The Balaban J connectivity index is 2.08. The first kappa shape index (κ1) is 17.0. The van der Waals surface area contributed by atoms with E-state index in [0.717, 1.165) is 29.2 Å². The molecule has 4 nitrogen and oxygen atoms in total. The molecular weight excluding hydrogens is 324 g/mol. The molecule has 2 aromatic rings. The number of halogens is 1. The molecule has 128 valence electrons. The second-order valence-corrected chi connectivity index (χ2v) is 7.18. The molecule has 0 unspecified atom stereocenters. The fourth-order valence-corrected chi connectivity index (χ4v) is 3.80. The van der Waals surface area contributed by atoms with Crippen LogP contribution >= 0.6 is 11.6 Å². The summed E-state index contributed by atoms with van der Waals surface area (Å²) in [4.78, 5) is 16.0. The molecule has 1 saturated carbocycles. The molecule has 0 bridgehead atoms. The summed E-state index contributed by atoms with van der Waals surface area (Å²) in [6.45, 7) is 4.68. The number of carboxylic acid groups (broad SMARTS) is 1. The normalized spacial score (nSPS) is 15.6. The molecule has 0 amide bonds. The topological polar surface area (TPSA) is 55.1 Å². The van der Waals surface area contributed by atoms with Crippen molar-refractivity contribution in [3.63, 3.8) is 0 Å². The van der Waals surface area contributed by atoms with E-state index in [1.54, 1.807) is 0 Å². The zero-order valence-electron chi connectivity index (χ0n) is 14.2. The third-order valence-corrected chi connectivity index (χ3v) is 5.26. The van der Waals surface area contributed by atoms with Gasteiger partial charge in [-0.1, -0.05) is 36.9 Å². The highest BCUT2D eigenvalue weighted by Gasteiger charge is 2.24. The number of nitrogens with zero attached hydrogens (tertiary/aromatic N) is 2. The lowest BCUT2D eigenvalue weighted by molar-refractivity contribution is 0.0690. The van der Waals surface area contributed by atoms with Crippen LogP contribution in [0.4, 0.5) is 0 Å². The van der Waals surface area contributed by atoms with E-state index in [1.807, 2.05) is 32.0 Å². The molecule has 24 heavy (non-hydrogen) atoms. The fourth-order valence-electron chi connectivity index (χ4n) is 3.63. The number of carbonyl (C=O) groups is 1. The Morgan fingerprint density at radius 3 is 2.67 bits per heavy atom. The van der Waals surface area contributed by atoms with E-state index < -0.39 is 5.97 Å². The molecule has 1 aromatic heterocycles. The molecule has 3 rings (SSSR count). The summed E-state index contributed by atoms with van der Waals surface area (Å²) >= 11 is 6.17. The van der Waals surface area contributed by atoms with Gasteiger partial charge in [0.1, 0.15) is 5.82 Å². The first-order chi connectivity index (χ1) is 11.5. The van der Waals surface area contributed by atoms with E-state index >= 15 is 0 Å². The lowest BCUT2D eigenvalue weighted by Crippen LogP contribution is -2.16. The number of carboxylic acids is 1. The number of aryl methyl sites for hydroxylation is 1. The summed E-state index contributed by atoms with van der Waals surface area (Å²) in [6, 6.07) is 5.68. The quantitative estimate of drug-likeness (QED) is 0.838. The number of aromatic carboxylic acids is 1. The Morgan fingerprint density at radius 1 is 1.29 bits per heavy atom. The van der Waals surface area contributed by atoms with Crippen molar-refractivity contribution in [2.45, 2.75) is 52.5 Å². The molecule has 1 aromatic carbocycles. The molecule has 0 atom stereocenters. The van der Waals surface area contributed by atoms with Crippen LogP contribution in [0, 0.1) is 19.8 Å². The minimum atomic E-state index is -0.976. The molecular formula is C19H23ClN2O2. The molecule has 0 radical (unpaired) electrons. The average Bonchev–Trinajstić information content (AvgIpc) is 2.88. The zero-order chi connectivity index (χ0) is 17.3. The summed E-state index contributed by atoms with van der Waals surface area (Å²) < 4.78 is 2.08. The number of imidazole rings is 1. The smallest absolute Gasteiger partial charge is 0.356 e. The Hall–Kier alpha value is -1.81. The lowest BCUT2D eigenvalue weighted by Gasteiger charge is -2.24. The van der Waals surface area contributed by atoms with Crippen LogP contribution in [0.1, 0.15) is 53.8 Å². The van der Waals surface area contributed by atoms with Crippen LogP contribution in [0.25, 0.3) is 11.4 Å². The number of aromatic nitrogens is 2. The van der Waals surface area contributed by atoms with Gasteiger partial charge in [0.15, 0.2) is 5.69 Å². The maximum atomic E-state index is 11.6. The third kappa shape index (κ3) is 3.34. The second kappa shape index (κ2) is 6.98. The van der Waals surface area contributed by atoms with Crippen molar-refractivity contribution >= 4 is 17.6 Å². The number of rotatable bonds is 4. The van der Waals surface area contributed by atoms with Crippen molar-refractivity contribution in [2.75, 3.05) is 0 Å². The van der Waals surface area contributed by atoms with Crippen molar-refractivity contribution < 1.29 is 9.90 Å². The molecule has 1 fully saturated rings. The van der Waals surface area contributed by atoms with Gasteiger partial charge in [-0.2, -0.15) is 0 Å². The molecule has 0 saturated heterocycles. The van der Waals surface area contributed by atoms with Crippen molar-refractivity contribution in [1.82, 2.24) is 9.55 Å². The maximum Gasteiger partial charge on any atom is 0.356 e. The minimum absolute atomic E-state index is 0.139. The highest BCUT2D eigenvalue weighted by atomic mass is 35.5. The molecule has 0 spiro atoms. The first-order valence-corrected chi connectivity index (χ1v) is 8.92. The van der Waals surface area contributed by atoms with Crippen molar-refractivity contribution in [3.8, 4) is 11.4 Å². The molecule has 5 heteroatoms. The maximum absolute atomic E-state index is 11.6. The predicted molar refractivity (Wildman–Crippen MR) is 95.7 cm³/mol. The highest BCUT2D eigenvalue weighted by molar-refractivity contribution is 6.30. The van der Waals surface area contributed by atoms with Gasteiger partial charge in [0.2, 0.25) is 0 Å². The van der Waals surface area contributed by atoms with Gasteiger partial charge in [0.05, 0.1) is 0 Å². The van der Waals surface area contributed by atoms with Gasteiger partial charge in [-0.3, -0.25) is 0 Å². The summed E-state index contributed by atoms with van der Waals surface area (Å²) in [5.74, 6) is 0.331. The van der Waals surface area contributed by atoms with Crippen LogP contribution in [-0.4, -0.2) is 20.6 Å². The monoisotopic (exact) mass is 346 g/mol. The molecule has 0 aliphatic heterocycles. The third-order valence-electron chi connectivity index (χ3n) is 5.03. The van der Waals surface area contributed by atoms with Gasteiger partial charge >= 0.3 is 5.97 Å². The van der Waals surface area contributed by atoms with Gasteiger partial charge < -0.3 is 9.67 Å². The SMILES string of the molecule is Cc1ccc(Cl)cc1-c1nc(C(=O)O)c(C)n1CC1CCCCC1. The van der Waals surface area contributed by atoms with Crippen molar-refractivity contribution in [1.29, 1.82) is 0 Å². The summed E-state index contributed by atoms with van der Waals surface area (Å²) in [5.41, 5.74) is 2.82. The van der Waals surface area contributed by atoms with Crippen LogP contribution in [0.5, 0.6) is 0 Å². The molecule has 1 N–H and O–H groups in total. The number of hydrogen-bond donors (Lipinski definition) is 1. The van der Waals surface area contributed by atoms with Gasteiger partial charge in [-0.25, -0.2) is 9.78 Å². The second-order valence-electron chi connectivity index (χ2n) is 6.75. The van der Waals surface area contributed by atoms with E-state index in [2.05, 4.69) is 9.55 Å². The van der Waals surface area contributed by atoms with Crippen LogP contribution in [-0.2, 0) is 6.54 Å². The Labute approximate surface area is 147 Å². The van der Waals surface area contributed by atoms with Gasteiger partial charge in [0, 0.05) is 22.8 Å². The van der Waals surface area contributed by atoms with Crippen molar-refractivity contribution in [2.24, 2.45) is 5.92 Å². The number of benzene rings is 1. The summed E-state index contributed by atoms with van der Waals surface area (Å²) in [6.07, 6.45) is 6.23. The van der Waals surface area contributed by atoms with Gasteiger partial charge in [-0.05, 0) is 50.3 Å². The first-order valence-electron chi connectivity index (χ1n) is 8.54. The largest absolute Gasteiger partial charge is 0.476 e. The van der Waals surface area contributed by atoms with E-state index in [9.17, 15) is 9.90 Å². The van der Waals surface area contributed by atoms with E-state index in [4.69, 9.17) is 11.6 Å². The Kier molecular flexibility index (Phi) is 4.95. The molecule has 1 heterocycles. The van der Waals surface area contributed by atoms with Gasteiger partial charge in [-0.15, -0.1) is 0 Å². The van der Waals surface area contributed by atoms with Crippen molar-refractivity contribution in [3.05, 3.63) is 40.2 Å². The highest BCUT2D eigenvalue weighted by Crippen LogP contribution is 2.31. The minimum Gasteiger partial charge on any atom is -0.476 e. The fraction of sp³-hybridized carbons (Fsp3) is 0.474. The van der Waals surface area contributed by atoms with Crippen LogP contribution < -0.4 is 0 Å². The molecule has 1 aliphatic rings. The molecule has 1 aliphatic carbocycles. The van der Waals surface area contributed by atoms with Gasteiger partial charge in [0.25, 0.3) is 0 Å². The Bertz CT molecular complexity index is 761. The predicted octanol–water partition coefficient (Wildman–Crippen LogP) is 5.10. The Morgan fingerprint density at radius 2 is 2.00 bits per heavy atom. The standard InChI is InChI=1S/C19H23ClN2O2/c1-12-8-9-15(20)10-16(12)18-21-17(19(23)24)13(2)22(18)11-14-6-4-3-5-7-14/h8-10,14H,3-7,11H2,1-2H3,(H,23,24). The van der Waals surface area contributed by atoms with Crippen LogP contribution in [0.2, 0.25) is 5.02 Å². The van der Waals surface area contributed by atoms with Crippen LogP contribution in [0.15, 0.2) is 18.2 Å². The zero-order valence-corrected chi connectivity index (χ0v) is 14.9.